The summed E-state index contributed by atoms with van der Waals surface area (Å²) in [4.78, 5) is 12.3. The van der Waals surface area contributed by atoms with E-state index in [2.05, 4.69) is 26.1 Å². The Hall–Kier alpha value is -1.55. The van der Waals surface area contributed by atoms with Crippen molar-refractivity contribution in [2.75, 3.05) is 13.2 Å². The Bertz CT molecular complexity index is 486. The molecule has 1 unspecified atom stereocenters. The van der Waals surface area contributed by atoms with Crippen LogP contribution in [-0.4, -0.2) is 30.3 Å². The van der Waals surface area contributed by atoms with Gasteiger partial charge in [0.25, 0.3) is 5.91 Å². The number of ether oxygens (including phenoxy) is 1. The van der Waals surface area contributed by atoms with Crippen LogP contribution in [0.25, 0.3) is 0 Å². The lowest BCUT2D eigenvalue weighted by molar-refractivity contribution is 0.0885. The Labute approximate surface area is 132 Å². The Balaban J connectivity index is 1.92. The van der Waals surface area contributed by atoms with Gasteiger partial charge in [0.1, 0.15) is 5.75 Å². The third-order valence-corrected chi connectivity index (χ3v) is 4.07. The Morgan fingerprint density at radius 2 is 1.95 bits per heavy atom. The van der Waals surface area contributed by atoms with E-state index < -0.39 is 0 Å². The molecule has 0 heterocycles. The molecule has 0 spiro atoms. The molecular weight excluding hydrogens is 278 g/mol. The molecule has 0 radical (unpaired) electrons. The second kappa shape index (κ2) is 7.14. The van der Waals surface area contributed by atoms with Gasteiger partial charge in [-0.1, -0.05) is 20.8 Å². The lowest BCUT2D eigenvalue weighted by Crippen LogP contribution is -2.44. The number of hydrogen-bond donors (Lipinski definition) is 2. The minimum absolute atomic E-state index is 0.0595. The van der Waals surface area contributed by atoms with Gasteiger partial charge in [0.05, 0.1) is 6.61 Å². The van der Waals surface area contributed by atoms with Crippen molar-refractivity contribution in [1.29, 1.82) is 0 Å². The predicted octanol–water partition coefficient (Wildman–Crippen LogP) is 3.00. The molecule has 2 N–H and O–H groups in total. The van der Waals surface area contributed by atoms with Crippen LogP contribution in [0, 0.1) is 11.3 Å². The summed E-state index contributed by atoms with van der Waals surface area (Å²) >= 11 is 0. The molecule has 1 saturated carbocycles. The summed E-state index contributed by atoms with van der Waals surface area (Å²) in [5.41, 5.74) is 0.525. The molecule has 1 amide bonds. The van der Waals surface area contributed by atoms with E-state index in [-0.39, 0.29) is 24.0 Å². The maximum absolute atomic E-state index is 12.3. The highest BCUT2D eigenvalue weighted by molar-refractivity contribution is 5.94. The van der Waals surface area contributed by atoms with E-state index in [1.807, 2.05) is 12.1 Å². The Morgan fingerprint density at radius 3 is 2.45 bits per heavy atom. The van der Waals surface area contributed by atoms with Crippen LogP contribution >= 0.6 is 0 Å². The molecule has 22 heavy (non-hydrogen) atoms. The van der Waals surface area contributed by atoms with Crippen LogP contribution in [-0.2, 0) is 0 Å². The topological polar surface area (TPSA) is 58.6 Å². The Kier molecular flexibility index (Phi) is 5.46. The van der Waals surface area contributed by atoms with Crippen molar-refractivity contribution >= 4 is 5.91 Å². The van der Waals surface area contributed by atoms with E-state index in [1.165, 1.54) is 12.8 Å². The molecule has 0 saturated heterocycles. The molecule has 1 aliphatic carbocycles. The van der Waals surface area contributed by atoms with Gasteiger partial charge < -0.3 is 15.2 Å². The first-order chi connectivity index (χ1) is 10.4. The summed E-state index contributed by atoms with van der Waals surface area (Å²) in [6, 6.07) is 7.20. The molecule has 4 nitrogen and oxygen atoms in total. The maximum atomic E-state index is 12.3. The van der Waals surface area contributed by atoms with Crippen LogP contribution in [0.2, 0.25) is 0 Å². The monoisotopic (exact) mass is 305 g/mol. The molecule has 0 aromatic heterocycles. The van der Waals surface area contributed by atoms with Gasteiger partial charge in [-0.3, -0.25) is 4.79 Å². The van der Waals surface area contributed by atoms with Gasteiger partial charge in [0.15, 0.2) is 0 Å². The van der Waals surface area contributed by atoms with Crippen LogP contribution in [0.4, 0.5) is 0 Å². The largest absolute Gasteiger partial charge is 0.493 e. The molecular formula is C18H27NO3. The smallest absolute Gasteiger partial charge is 0.251 e. The standard InChI is InChI=1S/C18H27NO3/c1-18(2,3)16(10-11-20)19-17(21)14-6-8-15(9-7-14)22-12-13-4-5-13/h6-9,13,16,20H,4-5,10-12H2,1-3H3,(H,19,21). The summed E-state index contributed by atoms with van der Waals surface area (Å²) < 4.78 is 5.67. The normalized spacial score (nSPS) is 16.2. The van der Waals surface area contributed by atoms with Crippen LogP contribution in [0.3, 0.4) is 0 Å². The lowest BCUT2D eigenvalue weighted by atomic mass is 9.85. The fourth-order valence-corrected chi connectivity index (χ4v) is 2.29. The number of carbonyl (C=O) groups excluding carboxylic acids is 1. The van der Waals surface area contributed by atoms with Crippen LogP contribution < -0.4 is 10.1 Å². The second-order valence-electron chi connectivity index (χ2n) is 7.18. The van der Waals surface area contributed by atoms with Gasteiger partial charge in [-0.15, -0.1) is 0 Å². The summed E-state index contributed by atoms with van der Waals surface area (Å²) in [6.45, 7) is 7.01. The van der Waals surface area contributed by atoms with Crippen molar-refractivity contribution in [3.05, 3.63) is 29.8 Å². The molecule has 0 bridgehead atoms. The zero-order valence-electron chi connectivity index (χ0n) is 13.8. The molecule has 4 heteroatoms. The van der Waals surface area contributed by atoms with Crippen LogP contribution in [0.5, 0.6) is 5.75 Å². The quantitative estimate of drug-likeness (QED) is 0.814. The number of aliphatic hydroxyl groups excluding tert-OH is 1. The summed E-state index contributed by atoms with van der Waals surface area (Å²) in [5.74, 6) is 1.42. The molecule has 1 aromatic carbocycles. The summed E-state index contributed by atoms with van der Waals surface area (Å²) in [5, 5.41) is 12.2. The fraction of sp³-hybridized carbons (Fsp3) is 0.611. The molecule has 2 rings (SSSR count). The van der Waals surface area contributed by atoms with Gasteiger partial charge in [-0.05, 0) is 54.9 Å². The van der Waals surface area contributed by atoms with E-state index in [0.29, 0.717) is 17.9 Å². The lowest BCUT2D eigenvalue weighted by Gasteiger charge is -2.31. The number of amides is 1. The van der Waals surface area contributed by atoms with Crippen LogP contribution in [0.1, 0.15) is 50.4 Å². The van der Waals surface area contributed by atoms with Gasteiger partial charge in [-0.2, -0.15) is 0 Å². The van der Waals surface area contributed by atoms with Gasteiger partial charge >= 0.3 is 0 Å². The number of aliphatic hydroxyl groups is 1. The van der Waals surface area contributed by atoms with Crippen molar-refractivity contribution in [1.82, 2.24) is 5.32 Å². The highest BCUT2D eigenvalue weighted by atomic mass is 16.5. The van der Waals surface area contributed by atoms with Crippen molar-refractivity contribution < 1.29 is 14.6 Å². The van der Waals surface area contributed by atoms with E-state index in [9.17, 15) is 4.79 Å². The molecule has 1 atom stereocenters. The zero-order valence-corrected chi connectivity index (χ0v) is 13.8. The second-order valence-corrected chi connectivity index (χ2v) is 7.18. The number of hydrogen-bond acceptors (Lipinski definition) is 3. The van der Waals surface area contributed by atoms with Crippen molar-refractivity contribution in [2.24, 2.45) is 11.3 Å². The average Bonchev–Trinajstić information content (AvgIpc) is 3.28. The third kappa shape index (κ3) is 5.02. The van der Waals surface area contributed by atoms with Gasteiger partial charge in [0.2, 0.25) is 0 Å². The first-order valence-corrected chi connectivity index (χ1v) is 8.04. The minimum atomic E-state index is -0.109. The van der Waals surface area contributed by atoms with E-state index in [0.717, 1.165) is 12.4 Å². The highest BCUT2D eigenvalue weighted by Crippen LogP contribution is 2.29. The van der Waals surface area contributed by atoms with E-state index >= 15 is 0 Å². The fourth-order valence-electron chi connectivity index (χ4n) is 2.29. The Morgan fingerprint density at radius 1 is 1.32 bits per heavy atom. The van der Waals surface area contributed by atoms with Gasteiger partial charge in [0, 0.05) is 18.2 Å². The predicted molar refractivity (Wildman–Crippen MR) is 87.1 cm³/mol. The first-order valence-electron chi connectivity index (χ1n) is 8.04. The van der Waals surface area contributed by atoms with Gasteiger partial charge in [-0.25, -0.2) is 0 Å². The molecule has 1 aliphatic rings. The maximum Gasteiger partial charge on any atom is 0.251 e. The van der Waals surface area contributed by atoms with Crippen molar-refractivity contribution in [2.45, 2.75) is 46.1 Å². The van der Waals surface area contributed by atoms with Crippen LogP contribution in [0.15, 0.2) is 24.3 Å². The number of carbonyl (C=O) groups is 1. The molecule has 1 aromatic rings. The summed E-state index contributed by atoms with van der Waals surface area (Å²) in [6.07, 6.45) is 3.08. The SMILES string of the molecule is CC(C)(C)C(CCO)NC(=O)c1ccc(OCC2CC2)cc1. The molecule has 122 valence electrons. The third-order valence-electron chi connectivity index (χ3n) is 4.07. The number of rotatable bonds is 7. The first kappa shape index (κ1) is 16.8. The molecule has 0 aliphatic heterocycles. The van der Waals surface area contributed by atoms with Crippen molar-refractivity contribution in [3.63, 3.8) is 0 Å². The zero-order chi connectivity index (χ0) is 16.2. The number of nitrogens with one attached hydrogen (secondary N) is 1. The molecule has 1 fully saturated rings. The minimum Gasteiger partial charge on any atom is -0.493 e. The van der Waals surface area contributed by atoms with E-state index in [1.54, 1.807) is 12.1 Å². The van der Waals surface area contributed by atoms with E-state index in [4.69, 9.17) is 9.84 Å². The highest BCUT2D eigenvalue weighted by Gasteiger charge is 2.26. The average molecular weight is 305 g/mol. The number of benzene rings is 1. The van der Waals surface area contributed by atoms with Crippen molar-refractivity contribution in [3.8, 4) is 5.75 Å². The summed E-state index contributed by atoms with van der Waals surface area (Å²) in [7, 11) is 0.